The highest BCUT2D eigenvalue weighted by Crippen LogP contribution is 2.14. The lowest BCUT2D eigenvalue weighted by Crippen LogP contribution is -2.48. The first kappa shape index (κ1) is 17.5. The molecule has 0 bridgehead atoms. The van der Waals surface area contributed by atoms with E-state index in [-0.39, 0.29) is 17.7 Å². The van der Waals surface area contributed by atoms with Gasteiger partial charge in [-0.2, -0.15) is 0 Å². The summed E-state index contributed by atoms with van der Waals surface area (Å²) in [5.41, 5.74) is 0.639. The Hall–Kier alpha value is -1.88. The molecular weight excluding hydrogens is 292 g/mol. The lowest BCUT2D eigenvalue weighted by atomic mass is 9.95. The first-order valence-electron chi connectivity index (χ1n) is 8.30. The summed E-state index contributed by atoms with van der Waals surface area (Å²) in [6, 6.07) is 7.40. The Balaban J connectivity index is 1.67. The number of hydrogen-bond donors (Lipinski definition) is 2. The molecule has 0 aliphatic carbocycles. The molecular formula is C18H26N2O3. The maximum atomic E-state index is 12.0. The van der Waals surface area contributed by atoms with Crippen molar-refractivity contribution in [3.8, 4) is 5.75 Å². The molecule has 1 amide bonds. The van der Waals surface area contributed by atoms with Crippen molar-refractivity contribution in [2.24, 2.45) is 5.92 Å². The van der Waals surface area contributed by atoms with E-state index >= 15 is 0 Å². The van der Waals surface area contributed by atoms with Crippen LogP contribution in [0.25, 0.3) is 0 Å². The van der Waals surface area contributed by atoms with Gasteiger partial charge in [0, 0.05) is 18.0 Å². The summed E-state index contributed by atoms with van der Waals surface area (Å²) in [6.07, 6.45) is 2.11. The van der Waals surface area contributed by atoms with Gasteiger partial charge in [-0.25, -0.2) is 0 Å². The number of amides is 1. The van der Waals surface area contributed by atoms with Crippen LogP contribution in [-0.2, 0) is 4.79 Å². The van der Waals surface area contributed by atoms with E-state index in [1.54, 1.807) is 18.2 Å². The normalized spacial score (nSPS) is 20.8. The Morgan fingerprint density at radius 1 is 1.39 bits per heavy atom. The van der Waals surface area contributed by atoms with Crippen molar-refractivity contribution in [2.75, 3.05) is 19.7 Å². The first-order valence-corrected chi connectivity index (χ1v) is 8.30. The molecule has 126 valence electrons. The van der Waals surface area contributed by atoms with Crippen LogP contribution in [0.4, 0.5) is 0 Å². The van der Waals surface area contributed by atoms with Crippen LogP contribution in [0.2, 0.25) is 0 Å². The van der Waals surface area contributed by atoms with Crippen molar-refractivity contribution in [2.45, 2.75) is 39.2 Å². The highest BCUT2D eigenvalue weighted by Gasteiger charge is 2.22. The highest BCUT2D eigenvalue weighted by molar-refractivity contribution is 5.94. The highest BCUT2D eigenvalue weighted by atomic mass is 16.5. The largest absolute Gasteiger partial charge is 0.494 e. The number of ether oxygens (including phenoxy) is 1. The Bertz CT molecular complexity index is 545. The molecule has 23 heavy (non-hydrogen) atoms. The number of carbonyl (C=O) groups is 2. The van der Waals surface area contributed by atoms with Crippen LogP contribution in [-0.4, -0.2) is 37.4 Å². The van der Waals surface area contributed by atoms with Crippen LogP contribution < -0.4 is 15.4 Å². The third-order valence-electron chi connectivity index (χ3n) is 4.19. The van der Waals surface area contributed by atoms with Crippen molar-refractivity contribution in [3.05, 3.63) is 29.8 Å². The summed E-state index contributed by atoms with van der Waals surface area (Å²) in [6.45, 7) is 6.08. The minimum Gasteiger partial charge on any atom is -0.494 e. The summed E-state index contributed by atoms with van der Waals surface area (Å²) >= 11 is 0. The molecule has 2 unspecified atom stereocenters. The fraction of sp³-hybridized carbons (Fsp3) is 0.556. The Morgan fingerprint density at radius 3 is 2.96 bits per heavy atom. The zero-order chi connectivity index (χ0) is 16.7. The number of hydrogen-bond acceptors (Lipinski definition) is 4. The van der Waals surface area contributed by atoms with Crippen LogP contribution in [0.3, 0.4) is 0 Å². The number of ketones is 1. The monoisotopic (exact) mass is 318 g/mol. The molecule has 2 atom stereocenters. The van der Waals surface area contributed by atoms with E-state index in [1.807, 2.05) is 6.07 Å². The molecule has 1 heterocycles. The van der Waals surface area contributed by atoms with Crippen molar-refractivity contribution in [1.29, 1.82) is 0 Å². The lowest BCUT2D eigenvalue weighted by molar-refractivity contribution is -0.122. The van der Waals surface area contributed by atoms with Gasteiger partial charge in [-0.05, 0) is 50.9 Å². The standard InChI is InChI=1S/C18H26N2O3/c1-13-12-19-9-8-17(13)20-18(22)7-4-10-23-16-6-3-5-15(11-16)14(2)21/h3,5-6,11,13,17,19H,4,7-10,12H2,1-2H3,(H,20,22). The maximum absolute atomic E-state index is 12.0. The molecule has 1 aliphatic rings. The second-order valence-electron chi connectivity index (χ2n) is 6.18. The Morgan fingerprint density at radius 2 is 2.22 bits per heavy atom. The fourth-order valence-electron chi connectivity index (χ4n) is 2.74. The van der Waals surface area contributed by atoms with Gasteiger partial charge in [0.15, 0.2) is 5.78 Å². The number of nitrogens with one attached hydrogen (secondary N) is 2. The molecule has 0 saturated carbocycles. The summed E-state index contributed by atoms with van der Waals surface area (Å²) in [5, 5.41) is 6.44. The van der Waals surface area contributed by atoms with Crippen LogP contribution in [0, 0.1) is 5.92 Å². The second-order valence-corrected chi connectivity index (χ2v) is 6.18. The van der Waals surface area contributed by atoms with E-state index in [4.69, 9.17) is 4.74 Å². The quantitative estimate of drug-likeness (QED) is 0.597. The van der Waals surface area contributed by atoms with Crippen molar-refractivity contribution in [3.63, 3.8) is 0 Å². The van der Waals surface area contributed by atoms with Gasteiger partial charge in [0.2, 0.25) is 5.91 Å². The van der Waals surface area contributed by atoms with E-state index in [9.17, 15) is 9.59 Å². The van der Waals surface area contributed by atoms with Gasteiger partial charge in [-0.1, -0.05) is 19.1 Å². The second kappa shape index (κ2) is 8.67. The van der Waals surface area contributed by atoms with Crippen molar-refractivity contribution in [1.82, 2.24) is 10.6 Å². The molecule has 1 aromatic carbocycles. The zero-order valence-corrected chi connectivity index (χ0v) is 13.9. The molecule has 5 nitrogen and oxygen atoms in total. The SMILES string of the molecule is CC(=O)c1cccc(OCCCC(=O)NC2CCNCC2C)c1. The summed E-state index contributed by atoms with van der Waals surface area (Å²) in [5.74, 6) is 1.25. The van der Waals surface area contributed by atoms with Gasteiger partial charge < -0.3 is 15.4 Å². The predicted molar refractivity (Wildman–Crippen MR) is 89.8 cm³/mol. The van der Waals surface area contributed by atoms with Crippen LogP contribution >= 0.6 is 0 Å². The average Bonchev–Trinajstić information content (AvgIpc) is 2.54. The molecule has 1 aliphatic heterocycles. The Kier molecular flexibility index (Phi) is 6.59. The van der Waals surface area contributed by atoms with Crippen LogP contribution in [0.15, 0.2) is 24.3 Å². The van der Waals surface area contributed by atoms with Crippen LogP contribution in [0.5, 0.6) is 5.75 Å². The van der Waals surface area contributed by atoms with Crippen molar-refractivity contribution < 1.29 is 14.3 Å². The Labute approximate surface area is 137 Å². The van der Waals surface area contributed by atoms with Gasteiger partial charge >= 0.3 is 0 Å². The first-order chi connectivity index (χ1) is 11.1. The molecule has 2 rings (SSSR count). The lowest BCUT2D eigenvalue weighted by Gasteiger charge is -2.30. The fourth-order valence-corrected chi connectivity index (χ4v) is 2.74. The van der Waals surface area contributed by atoms with E-state index in [0.29, 0.717) is 36.7 Å². The zero-order valence-electron chi connectivity index (χ0n) is 13.9. The minimum absolute atomic E-state index is 0.0194. The summed E-state index contributed by atoms with van der Waals surface area (Å²) in [7, 11) is 0. The van der Waals surface area contributed by atoms with E-state index in [0.717, 1.165) is 19.5 Å². The van der Waals surface area contributed by atoms with Gasteiger partial charge in [-0.15, -0.1) is 0 Å². The summed E-state index contributed by atoms with van der Waals surface area (Å²) in [4.78, 5) is 23.3. The predicted octanol–water partition coefficient (Wildman–Crippen LogP) is 2.16. The molecule has 5 heteroatoms. The van der Waals surface area contributed by atoms with E-state index in [1.165, 1.54) is 6.92 Å². The number of carbonyl (C=O) groups excluding carboxylic acids is 2. The minimum atomic E-state index is 0.0194. The third kappa shape index (κ3) is 5.67. The molecule has 2 N–H and O–H groups in total. The number of benzene rings is 1. The van der Waals surface area contributed by atoms with Crippen LogP contribution in [0.1, 0.15) is 43.5 Å². The van der Waals surface area contributed by atoms with Gasteiger partial charge in [-0.3, -0.25) is 9.59 Å². The third-order valence-corrected chi connectivity index (χ3v) is 4.19. The number of Topliss-reactive ketones (excluding diaryl/α,β-unsaturated/α-hetero) is 1. The van der Waals surface area contributed by atoms with Gasteiger partial charge in [0.25, 0.3) is 0 Å². The molecule has 0 aromatic heterocycles. The molecule has 1 fully saturated rings. The smallest absolute Gasteiger partial charge is 0.220 e. The number of rotatable bonds is 7. The van der Waals surface area contributed by atoms with Gasteiger partial charge in [0.05, 0.1) is 6.61 Å². The maximum Gasteiger partial charge on any atom is 0.220 e. The molecule has 0 radical (unpaired) electrons. The molecule has 1 aromatic rings. The number of piperidine rings is 1. The average molecular weight is 318 g/mol. The molecule has 1 saturated heterocycles. The van der Waals surface area contributed by atoms with E-state index in [2.05, 4.69) is 17.6 Å². The van der Waals surface area contributed by atoms with Gasteiger partial charge in [0.1, 0.15) is 5.75 Å². The summed E-state index contributed by atoms with van der Waals surface area (Å²) < 4.78 is 5.62. The van der Waals surface area contributed by atoms with E-state index < -0.39 is 0 Å². The van der Waals surface area contributed by atoms with Crippen molar-refractivity contribution >= 4 is 11.7 Å². The topological polar surface area (TPSA) is 67.4 Å². The molecule has 0 spiro atoms.